The highest BCUT2D eigenvalue weighted by molar-refractivity contribution is 5.61. The highest BCUT2D eigenvalue weighted by Gasteiger charge is 2.37. The number of anilines is 1. The molecule has 3 aromatic rings. The Labute approximate surface area is 139 Å². The average Bonchev–Trinajstić information content (AvgIpc) is 2.99. The molecular weight excluding hydrogens is 340 g/mol. The number of halogens is 4. The zero-order chi connectivity index (χ0) is 18.0. The van der Waals surface area contributed by atoms with Crippen molar-refractivity contribution in [3.8, 4) is 11.3 Å². The van der Waals surface area contributed by atoms with Crippen LogP contribution in [0.1, 0.15) is 17.0 Å². The Kier molecular flexibility index (Phi) is 4.39. The van der Waals surface area contributed by atoms with Crippen molar-refractivity contribution in [3.05, 3.63) is 59.3 Å². The van der Waals surface area contributed by atoms with Crippen molar-refractivity contribution in [2.75, 3.05) is 5.32 Å². The third-order valence-electron chi connectivity index (χ3n) is 3.35. The summed E-state index contributed by atoms with van der Waals surface area (Å²) in [6.45, 7) is 1.54. The van der Waals surface area contributed by atoms with Gasteiger partial charge in [-0.3, -0.25) is 0 Å². The Morgan fingerprint density at radius 1 is 1.20 bits per heavy atom. The topological polar surface area (TPSA) is 63.8 Å². The number of hydrogen-bond acceptors (Lipinski definition) is 5. The number of nitrogens with one attached hydrogen (secondary N) is 1. The van der Waals surface area contributed by atoms with Crippen molar-refractivity contribution in [3.63, 3.8) is 0 Å². The number of alkyl halides is 3. The highest BCUT2D eigenvalue weighted by Crippen LogP contribution is 2.36. The van der Waals surface area contributed by atoms with Crippen molar-refractivity contribution in [1.82, 2.24) is 15.1 Å². The van der Waals surface area contributed by atoms with Crippen LogP contribution in [-0.4, -0.2) is 15.1 Å². The second-order valence-corrected chi connectivity index (χ2v) is 5.23. The molecule has 3 rings (SSSR count). The Morgan fingerprint density at radius 2 is 1.96 bits per heavy atom. The molecule has 0 atom stereocenters. The van der Waals surface area contributed by atoms with Crippen LogP contribution in [0.5, 0.6) is 0 Å². The van der Waals surface area contributed by atoms with E-state index in [0.717, 1.165) is 6.20 Å². The van der Waals surface area contributed by atoms with Crippen molar-refractivity contribution < 1.29 is 22.1 Å². The van der Waals surface area contributed by atoms with Crippen LogP contribution in [0.15, 0.2) is 41.1 Å². The molecule has 0 saturated heterocycles. The van der Waals surface area contributed by atoms with Gasteiger partial charge in [0.05, 0.1) is 11.3 Å². The van der Waals surface area contributed by atoms with Gasteiger partial charge in [-0.25, -0.2) is 14.4 Å². The average molecular weight is 352 g/mol. The zero-order valence-corrected chi connectivity index (χ0v) is 12.9. The molecule has 0 unspecified atom stereocenters. The molecule has 1 N–H and O–H groups in total. The van der Waals surface area contributed by atoms with E-state index in [1.165, 1.54) is 24.3 Å². The first-order valence-corrected chi connectivity index (χ1v) is 7.20. The normalized spacial score (nSPS) is 11.6. The fourth-order valence-electron chi connectivity index (χ4n) is 2.17. The zero-order valence-electron chi connectivity index (χ0n) is 12.9. The second-order valence-electron chi connectivity index (χ2n) is 5.23. The van der Waals surface area contributed by atoms with E-state index in [2.05, 4.69) is 20.4 Å². The number of nitrogens with zero attached hydrogens (tertiary/aromatic N) is 3. The summed E-state index contributed by atoms with van der Waals surface area (Å²) in [5.41, 5.74) is -0.751. The number of aryl methyl sites for hydroxylation is 1. The summed E-state index contributed by atoms with van der Waals surface area (Å²) >= 11 is 0. The fourth-order valence-corrected chi connectivity index (χ4v) is 2.17. The maximum atomic E-state index is 13.6. The third kappa shape index (κ3) is 3.76. The molecule has 5 nitrogen and oxygen atoms in total. The lowest BCUT2D eigenvalue weighted by molar-refractivity contribution is -0.140. The van der Waals surface area contributed by atoms with Gasteiger partial charge >= 0.3 is 6.18 Å². The Balaban J connectivity index is 1.91. The smallest absolute Gasteiger partial charge is 0.356 e. The largest absolute Gasteiger partial charge is 0.434 e. The van der Waals surface area contributed by atoms with Crippen molar-refractivity contribution in [2.24, 2.45) is 0 Å². The van der Waals surface area contributed by atoms with Crippen LogP contribution in [0.25, 0.3) is 11.3 Å². The van der Waals surface area contributed by atoms with Crippen LogP contribution in [0.3, 0.4) is 0 Å². The van der Waals surface area contributed by atoms with Gasteiger partial charge in [0.2, 0.25) is 5.95 Å². The van der Waals surface area contributed by atoms with E-state index in [4.69, 9.17) is 4.52 Å². The highest BCUT2D eigenvalue weighted by atomic mass is 19.4. The van der Waals surface area contributed by atoms with Gasteiger partial charge in [-0.2, -0.15) is 13.2 Å². The summed E-state index contributed by atoms with van der Waals surface area (Å²) in [6.07, 6.45) is -3.72. The van der Waals surface area contributed by atoms with E-state index < -0.39 is 17.7 Å². The van der Waals surface area contributed by atoms with Gasteiger partial charge in [0.1, 0.15) is 5.82 Å². The van der Waals surface area contributed by atoms with Crippen LogP contribution in [0, 0.1) is 12.7 Å². The Hall–Kier alpha value is -2.97. The van der Waals surface area contributed by atoms with Gasteiger partial charge in [-0.05, 0) is 13.0 Å². The van der Waals surface area contributed by atoms with Crippen LogP contribution in [0.2, 0.25) is 0 Å². The first-order valence-electron chi connectivity index (χ1n) is 7.20. The van der Waals surface area contributed by atoms with Gasteiger partial charge < -0.3 is 9.84 Å². The first kappa shape index (κ1) is 16.9. The molecule has 2 aromatic heterocycles. The summed E-state index contributed by atoms with van der Waals surface area (Å²) in [5.74, 6) is -0.819. The van der Waals surface area contributed by atoms with E-state index in [1.54, 1.807) is 13.0 Å². The van der Waals surface area contributed by atoms with Crippen LogP contribution >= 0.6 is 0 Å². The first-order chi connectivity index (χ1) is 11.8. The summed E-state index contributed by atoms with van der Waals surface area (Å²) in [7, 11) is 0. The maximum absolute atomic E-state index is 13.6. The quantitative estimate of drug-likeness (QED) is 0.713. The van der Waals surface area contributed by atoms with Gasteiger partial charge in [-0.15, -0.1) is 0 Å². The molecule has 9 heteroatoms. The molecule has 0 spiro atoms. The summed E-state index contributed by atoms with van der Waals surface area (Å²) in [6, 6.07) is 7.27. The number of benzene rings is 1. The lowest BCUT2D eigenvalue weighted by Gasteiger charge is -2.12. The molecule has 25 heavy (non-hydrogen) atoms. The number of aromatic nitrogens is 3. The maximum Gasteiger partial charge on any atom is 0.434 e. The van der Waals surface area contributed by atoms with Crippen LogP contribution in [-0.2, 0) is 12.7 Å². The minimum atomic E-state index is -4.71. The SMILES string of the molecule is Cc1cc(-c2cnc(NCc3ccccc3F)nc2C(F)(F)F)on1. The van der Waals surface area contributed by atoms with Crippen molar-refractivity contribution in [1.29, 1.82) is 0 Å². The number of rotatable bonds is 4. The van der Waals surface area contributed by atoms with Gasteiger partial charge in [0, 0.05) is 24.4 Å². The molecule has 1 aromatic carbocycles. The summed E-state index contributed by atoms with van der Waals surface area (Å²) in [4.78, 5) is 7.37. The molecule has 0 fully saturated rings. The van der Waals surface area contributed by atoms with Gasteiger partial charge in [0.25, 0.3) is 0 Å². The minimum Gasteiger partial charge on any atom is -0.356 e. The molecule has 0 saturated carbocycles. The predicted molar refractivity (Wildman–Crippen MR) is 81.0 cm³/mol. The molecule has 130 valence electrons. The Morgan fingerprint density at radius 3 is 2.60 bits per heavy atom. The van der Waals surface area contributed by atoms with E-state index in [1.807, 2.05) is 0 Å². The molecule has 0 aliphatic heterocycles. The number of hydrogen-bond donors (Lipinski definition) is 1. The van der Waals surface area contributed by atoms with E-state index in [0.29, 0.717) is 5.69 Å². The van der Waals surface area contributed by atoms with E-state index in [9.17, 15) is 17.6 Å². The minimum absolute atomic E-state index is 0.0509. The molecule has 2 heterocycles. The van der Waals surface area contributed by atoms with E-state index >= 15 is 0 Å². The summed E-state index contributed by atoms with van der Waals surface area (Å²) < 4.78 is 58.4. The predicted octanol–water partition coefficient (Wildman–Crippen LogP) is 4.21. The third-order valence-corrected chi connectivity index (χ3v) is 3.35. The summed E-state index contributed by atoms with van der Waals surface area (Å²) in [5, 5.41) is 6.16. The molecule has 0 radical (unpaired) electrons. The van der Waals surface area contributed by atoms with Crippen molar-refractivity contribution in [2.45, 2.75) is 19.6 Å². The molecule has 0 bridgehead atoms. The second kappa shape index (κ2) is 6.50. The van der Waals surface area contributed by atoms with Crippen LogP contribution < -0.4 is 5.32 Å². The molecule has 0 amide bonds. The lowest BCUT2D eigenvalue weighted by atomic mass is 10.1. The fraction of sp³-hybridized carbons (Fsp3) is 0.188. The lowest BCUT2D eigenvalue weighted by Crippen LogP contribution is -2.14. The van der Waals surface area contributed by atoms with E-state index in [-0.39, 0.29) is 29.4 Å². The molecular formula is C16H12F4N4O. The van der Waals surface area contributed by atoms with Crippen molar-refractivity contribution >= 4 is 5.95 Å². The molecule has 0 aliphatic carbocycles. The Bertz CT molecular complexity index is 892. The molecule has 0 aliphatic rings. The standard InChI is InChI=1S/C16H12F4N4O/c1-9-6-13(25-24-9)11-8-22-15(23-14(11)16(18,19)20)21-7-10-4-2-3-5-12(10)17/h2-6,8H,7H2,1H3,(H,21,22,23). The van der Waals surface area contributed by atoms with Gasteiger partial charge in [0.15, 0.2) is 11.5 Å². The van der Waals surface area contributed by atoms with Crippen LogP contribution in [0.4, 0.5) is 23.5 Å². The monoisotopic (exact) mass is 352 g/mol. The van der Waals surface area contributed by atoms with Gasteiger partial charge in [-0.1, -0.05) is 23.4 Å².